The maximum Gasteiger partial charge on any atom is 0.270 e. The zero-order valence-electron chi connectivity index (χ0n) is 10.9. The van der Waals surface area contributed by atoms with Crippen LogP contribution in [0.25, 0.3) is 0 Å². The molecule has 0 amide bonds. The molecule has 0 saturated heterocycles. The lowest BCUT2D eigenvalue weighted by molar-refractivity contribution is -0.385. The van der Waals surface area contributed by atoms with Crippen molar-refractivity contribution in [1.29, 1.82) is 0 Å². The van der Waals surface area contributed by atoms with E-state index in [2.05, 4.69) is 41.8 Å². The first-order chi connectivity index (χ1) is 8.43. The van der Waals surface area contributed by atoms with Crippen LogP contribution in [0.2, 0.25) is 0 Å². The normalized spacial score (nSPS) is 12.7. The second kappa shape index (κ2) is 7.04. The highest BCUT2D eigenvalue weighted by atomic mass is 127. The Bertz CT molecular complexity index is 421. The van der Waals surface area contributed by atoms with Gasteiger partial charge in [-0.05, 0) is 54.0 Å². The van der Waals surface area contributed by atoms with E-state index in [0.29, 0.717) is 12.0 Å². The Morgan fingerprint density at radius 1 is 1.44 bits per heavy atom. The van der Waals surface area contributed by atoms with Gasteiger partial charge >= 0.3 is 0 Å². The summed E-state index contributed by atoms with van der Waals surface area (Å²) in [6, 6.07) is 5.50. The third-order valence-electron chi connectivity index (χ3n) is 2.88. The van der Waals surface area contributed by atoms with Crippen LogP contribution in [0.5, 0.6) is 0 Å². The van der Waals surface area contributed by atoms with Gasteiger partial charge < -0.3 is 5.32 Å². The van der Waals surface area contributed by atoms with E-state index in [-0.39, 0.29) is 10.6 Å². The third-order valence-corrected chi connectivity index (χ3v) is 3.88. The summed E-state index contributed by atoms with van der Waals surface area (Å²) < 4.78 is 0.964. The average molecular weight is 362 g/mol. The van der Waals surface area contributed by atoms with E-state index in [1.54, 1.807) is 12.1 Å². The fraction of sp³-hybridized carbons (Fsp3) is 0.538. The van der Waals surface area contributed by atoms with Gasteiger partial charge in [-0.3, -0.25) is 10.1 Å². The zero-order valence-corrected chi connectivity index (χ0v) is 13.1. The van der Waals surface area contributed by atoms with E-state index in [0.717, 1.165) is 16.4 Å². The molecule has 0 spiro atoms. The van der Waals surface area contributed by atoms with Crippen molar-refractivity contribution in [3.8, 4) is 0 Å². The van der Waals surface area contributed by atoms with Crippen LogP contribution in [0, 0.1) is 19.6 Å². The quantitative estimate of drug-likeness (QED) is 0.480. The number of benzene rings is 1. The molecule has 0 aliphatic carbocycles. The molecule has 18 heavy (non-hydrogen) atoms. The van der Waals surface area contributed by atoms with Crippen molar-refractivity contribution in [2.75, 3.05) is 7.05 Å². The molecule has 0 radical (unpaired) electrons. The molecular weight excluding hydrogens is 343 g/mol. The Morgan fingerprint density at radius 2 is 2.11 bits per heavy atom. The van der Waals surface area contributed by atoms with E-state index < -0.39 is 0 Å². The smallest absolute Gasteiger partial charge is 0.270 e. The Balaban J connectivity index is 2.80. The van der Waals surface area contributed by atoms with Crippen LogP contribution >= 0.6 is 22.6 Å². The number of nitrogens with zero attached hydrogens (tertiary/aromatic N) is 1. The van der Waals surface area contributed by atoms with Crippen molar-refractivity contribution in [2.24, 2.45) is 5.92 Å². The maximum atomic E-state index is 10.7. The molecule has 0 fully saturated rings. The molecule has 1 aromatic rings. The number of non-ortho nitro benzene ring substituents is 1. The highest BCUT2D eigenvalue weighted by Gasteiger charge is 2.14. The van der Waals surface area contributed by atoms with Gasteiger partial charge in [-0.25, -0.2) is 0 Å². The Hall–Kier alpha value is -0.690. The first-order valence-electron chi connectivity index (χ1n) is 6.04. The fourth-order valence-electron chi connectivity index (χ4n) is 1.95. The molecule has 0 saturated carbocycles. The van der Waals surface area contributed by atoms with E-state index >= 15 is 0 Å². The van der Waals surface area contributed by atoms with Crippen LogP contribution in [0.3, 0.4) is 0 Å². The highest BCUT2D eigenvalue weighted by molar-refractivity contribution is 14.1. The molecule has 5 heteroatoms. The summed E-state index contributed by atoms with van der Waals surface area (Å²) in [7, 11) is 1.96. The van der Waals surface area contributed by atoms with Crippen molar-refractivity contribution in [1.82, 2.24) is 5.32 Å². The minimum Gasteiger partial charge on any atom is -0.317 e. The Labute approximate surface area is 121 Å². The van der Waals surface area contributed by atoms with Crippen molar-refractivity contribution >= 4 is 28.3 Å². The summed E-state index contributed by atoms with van der Waals surface area (Å²) in [4.78, 5) is 10.3. The van der Waals surface area contributed by atoms with E-state index in [4.69, 9.17) is 0 Å². The maximum absolute atomic E-state index is 10.7. The lowest BCUT2D eigenvalue weighted by Crippen LogP contribution is -2.29. The SMILES string of the molecule is CNC(Cc1ccc([N+](=O)[O-])cc1I)CC(C)C. The summed E-state index contributed by atoms with van der Waals surface area (Å²) in [6.45, 7) is 4.40. The number of nitro groups is 1. The predicted octanol–water partition coefficient (Wildman–Crippen LogP) is 3.38. The molecule has 0 bridgehead atoms. The zero-order chi connectivity index (χ0) is 13.7. The van der Waals surface area contributed by atoms with Crippen molar-refractivity contribution < 1.29 is 4.92 Å². The van der Waals surface area contributed by atoms with E-state index in [9.17, 15) is 10.1 Å². The molecule has 1 atom stereocenters. The Morgan fingerprint density at radius 3 is 2.56 bits per heavy atom. The molecule has 1 unspecified atom stereocenters. The third kappa shape index (κ3) is 4.53. The molecule has 1 aromatic carbocycles. The number of nitrogens with one attached hydrogen (secondary N) is 1. The topological polar surface area (TPSA) is 55.2 Å². The van der Waals surface area contributed by atoms with Gasteiger partial charge in [-0.1, -0.05) is 19.9 Å². The number of rotatable bonds is 6. The largest absolute Gasteiger partial charge is 0.317 e. The molecule has 1 N–H and O–H groups in total. The van der Waals surface area contributed by atoms with Crippen molar-refractivity contribution in [3.05, 3.63) is 37.4 Å². The van der Waals surface area contributed by atoms with Crippen LogP contribution < -0.4 is 5.32 Å². The van der Waals surface area contributed by atoms with Crippen LogP contribution in [-0.2, 0) is 6.42 Å². The van der Waals surface area contributed by atoms with E-state index in [1.807, 2.05) is 13.1 Å². The second-order valence-electron chi connectivity index (χ2n) is 4.85. The lowest BCUT2D eigenvalue weighted by Gasteiger charge is -2.19. The van der Waals surface area contributed by atoms with Crippen LogP contribution in [0.1, 0.15) is 25.8 Å². The molecule has 100 valence electrons. The Kier molecular flexibility index (Phi) is 6.01. The highest BCUT2D eigenvalue weighted by Crippen LogP contribution is 2.22. The van der Waals surface area contributed by atoms with Gasteiger partial charge in [-0.2, -0.15) is 0 Å². The fourth-order valence-corrected chi connectivity index (χ4v) is 2.67. The van der Waals surface area contributed by atoms with Crippen LogP contribution in [0.4, 0.5) is 5.69 Å². The number of likely N-dealkylation sites (N-methyl/N-ethyl adjacent to an activating group) is 1. The van der Waals surface area contributed by atoms with Gasteiger partial charge in [0.25, 0.3) is 5.69 Å². The first-order valence-corrected chi connectivity index (χ1v) is 7.12. The summed E-state index contributed by atoms with van der Waals surface area (Å²) >= 11 is 2.17. The van der Waals surface area contributed by atoms with Gasteiger partial charge in [0.15, 0.2) is 0 Å². The number of hydrogen-bond acceptors (Lipinski definition) is 3. The standard InChI is InChI=1S/C13H19IN2O2/c1-9(2)6-11(15-3)7-10-4-5-12(16(17)18)8-13(10)14/h4-5,8-9,11,15H,6-7H2,1-3H3. The lowest BCUT2D eigenvalue weighted by atomic mass is 9.97. The number of hydrogen-bond donors (Lipinski definition) is 1. The minimum atomic E-state index is -0.352. The average Bonchev–Trinajstić information content (AvgIpc) is 2.29. The molecule has 4 nitrogen and oxygen atoms in total. The molecule has 0 aromatic heterocycles. The molecule has 1 rings (SSSR count). The first kappa shape index (κ1) is 15.4. The van der Waals surface area contributed by atoms with Gasteiger partial charge in [-0.15, -0.1) is 0 Å². The number of halogens is 1. The summed E-state index contributed by atoms with van der Waals surface area (Å²) in [5.74, 6) is 0.637. The van der Waals surface area contributed by atoms with Gasteiger partial charge in [0.1, 0.15) is 0 Å². The van der Waals surface area contributed by atoms with Crippen molar-refractivity contribution in [3.63, 3.8) is 0 Å². The summed E-state index contributed by atoms with van der Waals surface area (Å²) in [6.07, 6.45) is 2.01. The van der Waals surface area contributed by atoms with E-state index in [1.165, 1.54) is 5.56 Å². The second-order valence-corrected chi connectivity index (χ2v) is 6.01. The summed E-state index contributed by atoms with van der Waals surface area (Å²) in [5.41, 5.74) is 1.33. The van der Waals surface area contributed by atoms with Gasteiger partial charge in [0.05, 0.1) is 4.92 Å². The van der Waals surface area contributed by atoms with Gasteiger partial charge in [0, 0.05) is 21.7 Å². The minimum absolute atomic E-state index is 0.160. The molecule has 0 aliphatic heterocycles. The molecule has 0 aliphatic rings. The van der Waals surface area contributed by atoms with Crippen molar-refractivity contribution in [2.45, 2.75) is 32.7 Å². The predicted molar refractivity (Wildman–Crippen MR) is 81.8 cm³/mol. The van der Waals surface area contributed by atoms with Crippen LogP contribution in [-0.4, -0.2) is 18.0 Å². The molecular formula is C13H19IN2O2. The monoisotopic (exact) mass is 362 g/mol. The number of nitro benzene ring substituents is 1. The summed E-state index contributed by atoms with van der Waals surface area (Å²) in [5, 5.41) is 14.0. The van der Waals surface area contributed by atoms with Crippen LogP contribution in [0.15, 0.2) is 18.2 Å². The molecule has 0 heterocycles. The van der Waals surface area contributed by atoms with Gasteiger partial charge in [0.2, 0.25) is 0 Å².